The number of furan rings is 1. The number of methoxy groups -OCH3 is 1. The highest BCUT2D eigenvalue weighted by molar-refractivity contribution is 5.95. The highest BCUT2D eigenvalue weighted by Gasteiger charge is 2.16. The van der Waals surface area contributed by atoms with Gasteiger partial charge in [0, 0.05) is 0 Å². The fourth-order valence-electron chi connectivity index (χ4n) is 2.11. The number of hydrogen-bond donors (Lipinski definition) is 1. The molecule has 1 amide bonds. The Hall–Kier alpha value is -2.23. The summed E-state index contributed by atoms with van der Waals surface area (Å²) in [6.07, 6.45) is 2.34. The van der Waals surface area contributed by atoms with Gasteiger partial charge in [0.25, 0.3) is 5.91 Å². The van der Waals surface area contributed by atoms with Crippen molar-refractivity contribution in [3.8, 4) is 5.75 Å². The lowest BCUT2D eigenvalue weighted by Gasteiger charge is -2.17. The summed E-state index contributed by atoms with van der Waals surface area (Å²) < 4.78 is 10.3. The number of carbonyl (C=O) groups is 1. The predicted molar refractivity (Wildman–Crippen MR) is 76.9 cm³/mol. The van der Waals surface area contributed by atoms with Crippen LogP contribution in [0.3, 0.4) is 0 Å². The van der Waals surface area contributed by atoms with E-state index in [4.69, 9.17) is 9.15 Å². The van der Waals surface area contributed by atoms with E-state index in [9.17, 15) is 4.79 Å². The lowest BCUT2D eigenvalue weighted by Crippen LogP contribution is -2.28. The van der Waals surface area contributed by atoms with Crippen molar-refractivity contribution in [1.82, 2.24) is 5.32 Å². The maximum atomic E-state index is 12.2. The van der Waals surface area contributed by atoms with Crippen molar-refractivity contribution in [3.63, 3.8) is 0 Å². The van der Waals surface area contributed by atoms with Gasteiger partial charge in [0.05, 0.1) is 25.0 Å². The number of aryl methyl sites for hydroxylation is 1. The van der Waals surface area contributed by atoms with Gasteiger partial charge in [0.15, 0.2) is 0 Å². The van der Waals surface area contributed by atoms with Gasteiger partial charge in [-0.1, -0.05) is 19.1 Å². The topological polar surface area (TPSA) is 51.5 Å². The third-order valence-corrected chi connectivity index (χ3v) is 3.34. The minimum Gasteiger partial charge on any atom is -0.497 e. The van der Waals surface area contributed by atoms with E-state index in [0.29, 0.717) is 11.3 Å². The number of carbonyl (C=O) groups excluding carboxylic acids is 1. The molecule has 20 heavy (non-hydrogen) atoms. The largest absolute Gasteiger partial charge is 0.497 e. The standard InChI is InChI=1S/C16H19NO3/c1-4-15(12-5-7-13(19-3)8-6-12)17-16(18)14-9-10-20-11(14)2/h5-10,15H,4H2,1-3H3,(H,17,18). The van der Waals surface area contributed by atoms with Crippen LogP contribution in [0.25, 0.3) is 0 Å². The van der Waals surface area contributed by atoms with E-state index in [2.05, 4.69) is 5.32 Å². The average molecular weight is 273 g/mol. The molecule has 1 heterocycles. The minimum absolute atomic E-state index is 0.0253. The predicted octanol–water partition coefficient (Wildman–Crippen LogP) is 3.48. The molecular weight excluding hydrogens is 254 g/mol. The fourth-order valence-corrected chi connectivity index (χ4v) is 2.11. The first-order valence-electron chi connectivity index (χ1n) is 6.64. The van der Waals surface area contributed by atoms with Crippen LogP contribution in [0.5, 0.6) is 5.75 Å². The quantitative estimate of drug-likeness (QED) is 0.907. The Morgan fingerprint density at radius 3 is 2.50 bits per heavy atom. The number of hydrogen-bond acceptors (Lipinski definition) is 3. The maximum absolute atomic E-state index is 12.2. The fraction of sp³-hybridized carbons (Fsp3) is 0.312. The second-order valence-electron chi connectivity index (χ2n) is 4.60. The van der Waals surface area contributed by atoms with Crippen LogP contribution in [-0.4, -0.2) is 13.0 Å². The summed E-state index contributed by atoms with van der Waals surface area (Å²) in [5.74, 6) is 1.33. The molecule has 2 rings (SSSR count). The zero-order chi connectivity index (χ0) is 14.5. The Balaban J connectivity index is 2.12. The molecule has 0 spiro atoms. The lowest BCUT2D eigenvalue weighted by molar-refractivity contribution is 0.0934. The molecule has 0 aliphatic rings. The van der Waals surface area contributed by atoms with Gasteiger partial charge in [0.1, 0.15) is 11.5 Å². The van der Waals surface area contributed by atoms with Gasteiger partial charge in [-0.3, -0.25) is 4.79 Å². The van der Waals surface area contributed by atoms with Crippen molar-refractivity contribution < 1.29 is 13.9 Å². The summed E-state index contributed by atoms with van der Waals surface area (Å²) in [7, 11) is 1.63. The third kappa shape index (κ3) is 3.02. The van der Waals surface area contributed by atoms with Crippen molar-refractivity contribution in [3.05, 3.63) is 53.5 Å². The monoisotopic (exact) mass is 273 g/mol. The first-order chi connectivity index (χ1) is 9.65. The summed E-state index contributed by atoms with van der Waals surface area (Å²) in [6, 6.07) is 9.39. The molecule has 0 saturated heterocycles. The summed E-state index contributed by atoms with van der Waals surface area (Å²) in [5, 5.41) is 3.02. The van der Waals surface area contributed by atoms with Gasteiger partial charge in [-0.25, -0.2) is 0 Å². The van der Waals surface area contributed by atoms with Crippen molar-refractivity contribution >= 4 is 5.91 Å². The molecule has 0 fully saturated rings. The molecule has 0 saturated carbocycles. The van der Waals surface area contributed by atoms with Crippen molar-refractivity contribution in [1.29, 1.82) is 0 Å². The lowest BCUT2D eigenvalue weighted by atomic mass is 10.0. The molecule has 0 aliphatic heterocycles. The first kappa shape index (κ1) is 14.2. The Labute approximate surface area is 118 Å². The highest BCUT2D eigenvalue weighted by Crippen LogP contribution is 2.21. The molecule has 0 bridgehead atoms. The molecule has 4 heteroatoms. The van der Waals surface area contributed by atoms with E-state index in [1.54, 1.807) is 20.1 Å². The smallest absolute Gasteiger partial charge is 0.255 e. The molecule has 106 valence electrons. The summed E-state index contributed by atoms with van der Waals surface area (Å²) in [6.45, 7) is 3.82. The van der Waals surface area contributed by atoms with Crippen LogP contribution in [0.1, 0.15) is 41.1 Å². The summed E-state index contributed by atoms with van der Waals surface area (Å²) in [4.78, 5) is 12.2. The molecule has 1 aromatic heterocycles. The van der Waals surface area contributed by atoms with E-state index in [1.165, 1.54) is 6.26 Å². The SMILES string of the molecule is CCC(NC(=O)c1ccoc1C)c1ccc(OC)cc1. The van der Waals surface area contributed by atoms with E-state index in [-0.39, 0.29) is 11.9 Å². The normalized spacial score (nSPS) is 11.9. The van der Waals surface area contributed by atoms with Crippen LogP contribution in [0.15, 0.2) is 41.0 Å². The molecule has 2 aromatic rings. The van der Waals surface area contributed by atoms with Crippen LogP contribution in [0.4, 0.5) is 0 Å². The van der Waals surface area contributed by atoms with Crippen LogP contribution >= 0.6 is 0 Å². The first-order valence-corrected chi connectivity index (χ1v) is 6.64. The minimum atomic E-state index is -0.112. The van der Waals surface area contributed by atoms with E-state index >= 15 is 0 Å². The van der Waals surface area contributed by atoms with Gasteiger partial charge in [0.2, 0.25) is 0 Å². The molecule has 1 atom stereocenters. The van der Waals surface area contributed by atoms with Crippen molar-refractivity contribution in [2.75, 3.05) is 7.11 Å². The van der Waals surface area contributed by atoms with Gasteiger partial charge in [-0.05, 0) is 37.1 Å². The summed E-state index contributed by atoms with van der Waals surface area (Å²) in [5.41, 5.74) is 1.64. The highest BCUT2D eigenvalue weighted by atomic mass is 16.5. The van der Waals surface area contributed by atoms with Crippen LogP contribution < -0.4 is 10.1 Å². The zero-order valence-electron chi connectivity index (χ0n) is 12.0. The van der Waals surface area contributed by atoms with Crippen molar-refractivity contribution in [2.45, 2.75) is 26.3 Å². The number of ether oxygens (including phenoxy) is 1. The molecule has 1 aromatic carbocycles. The Bertz CT molecular complexity index is 572. The zero-order valence-corrected chi connectivity index (χ0v) is 12.0. The number of benzene rings is 1. The van der Waals surface area contributed by atoms with Gasteiger partial charge in [-0.15, -0.1) is 0 Å². The number of amides is 1. The molecule has 0 radical (unpaired) electrons. The maximum Gasteiger partial charge on any atom is 0.255 e. The van der Waals surface area contributed by atoms with E-state index in [1.807, 2.05) is 31.2 Å². The van der Waals surface area contributed by atoms with Gasteiger partial charge < -0.3 is 14.5 Å². The van der Waals surface area contributed by atoms with Crippen LogP contribution in [-0.2, 0) is 0 Å². The molecule has 1 N–H and O–H groups in total. The number of rotatable bonds is 5. The number of nitrogens with one attached hydrogen (secondary N) is 1. The van der Waals surface area contributed by atoms with Crippen LogP contribution in [0.2, 0.25) is 0 Å². The van der Waals surface area contributed by atoms with Gasteiger partial charge in [-0.2, -0.15) is 0 Å². The second kappa shape index (κ2) is 6.28. The van der Waals surface area contributed by atoms with E-state index < -0.39 is 0 Å². The van der Waals surface area contributed by atoms with E-state index in [0.717, 1.165) is 17.7 Å². The third-order valence-electron chi connectivity index (χ3n) is 3.34. The van der Waals surface area contributed by atoms with Crippen molar-refractivity contribution in [2.24, 2.45) is 0 Å². The van der Waals surface area contributed by atoms with Gasteiger partial charge >= 0.3 is 0 Å². The summed E-state index contributed by atoms with van der Waals surface area (Å²) >= 11 is 0. The Kier molecular flexibility index (Phi) is 4.45. The second-order valence-corrected chi connectivity index (χ2v) is 4.60. The Morgan fingerprint density at radius 2 is 2.00 bits per heavy atom. The van der Waals surface area contributed by atoms with Crippen LogP contribution in [0, 0.1) is 6.92 Å². The molecule has 0 aliphatic carbocycles. The molecular formula is C16H19NO3. The molecule has 1 unspecified atom stereocenters. The average Bonchev–Trinajstić information content (AvgIpc) is 2.91. The molecule has 4 nitrogen and oxygen atoms in total. The Morgan fingerprint density at radius 1 is 1.30 bits per heavy atom.